The molecule has 0 saturated carbocycles. The van der Waals surface area contributed by atoms with Gasteiger partial charge in [-0.1, -0.05) is 36.7 Å². The fraction of sp³-hybridized carbons (Fsp3) is 0.412. The van der Waals surface area contributed by atoms with Gasteiger partial charge in [0.1, 0.15) is 0 Å². The van der Waals surface area contributed by atoms with Gasteiger partial charge in [-0.2, -0.15) is 0 Å². The first kappa shape index (κ1) is 17.5. The van der Waals surface area contributed by atoms with E-state index in [1.165, 1.54) is 4.57 Å². The van der Waals surface area contributed by atoms with E-state index in [1.54, 1.807) is 25.1 Å². The van der Waals surface area contributed by atoms with E-state index >= 15 is 0 Å². The van der Waals surface area contributed by atoms with E-state index in [4.69, 9.17) is 4.74 Å². The summed E-state index contributed by atoms with van der Waals surface area (Å²) in [4.78, 5) is 25.1. The van der Waals surface area contributed by atoms with E-state index in [0.717, 1.165) is 4.47 Å². The van der Waals surface area contributed by atoms with Gasteiger partial charge in [-0.3, -0.25) is 9.36 Å². The van der Waals surface area contributed by atoms with Gasteiger partial charge in [0.2, 0.25) is 0 Å². The van der Waals surface area contributed by atoms with E-state index in [2.05, 4.69) is 15.9 Å². The highest BCUT2D eigenvalue weighted by molar-refractivity contribution is 9.10. The molecule has 0 aliphatic carbocycles. The van der Waals surface area contributed by atoms with Gasteiger partial charge in [-0.05, 0) is 30.5 Å². The zero-order valence-electron chi connectivity index (χ0n) is 13.6. The number of carbonyl (C=O) groups excluding carboxylic acids is 1. The molecule has 0 amide bonds. The molecule has 0 fully saturated rings. The molecule has 5 nitrogen and oxygen atoms in total. The van der Waals surface area contributed by atoms with Crippen molar-refractivity contribution in [2.45, 2.75) is 34.2 Å². The highest BCUT2D eigenvalue weighted by Crippen LogP contribution is 2.30. The first-order valence-electron chi connectivity index (χ1n) is 7.38. The van der Waals surface area contributed by atoms with Crippen LogP contribution in [-0.2, 0) is 11.3 Å². The van der Waals surface area contributed by atoms with E-state index in [1.807, 2.05) is 20.8 Å². The van der Waals surface area contributed by atoms with E-state index in [-0.39, 0.29) is 35.6 Å². The molecule has 0 spiro atoms. The van der Waals surface area contributed by atoms with Gasteiger partial charge in [-0.25, -0.2) is 4.79 Å². The standard InChI is InChI=1S/C17H20BrNO4/c1-5-23-16(22)13-14(20)11-7-6-10(18)8-12(11)15(21)19(13)9-17(2,3)4/h6-8,20H,5,9H2,1-4H3. The van der Waals surface area contributed by atoms with Crippen LogP contribution in [0.2, 0.25) is 0 Å². The molecule has 0 bridgehead atoms. The minimum atomic E-state index is -0.698. The van der Waals surface area contributed by atoms with Gasteiger partial charge < -0.3 is 9.84 Å². The highest BCUT2D eigenvalue weighted by atomic mass is 79.9. The van der Waals surface area contributed by atoms with Gasteiger partial charge >= 0.3 is 5.97 Å². The molecule has 0 aliphatic rings. The molecule has 0 atom stereocenters. The van der Waals surface area contributed by atoms with Crippen molar-refractivity contribution in [2.75, 3.05) is 6.61 Å². The summed E-state index contributed by atoms with van der Waals surface area (Å²) < 4.78 is 7.06. The summed E-state index contributed by atoms with van der Waals surface area (Å²) in [5, 5.41) is 11.3. The average molecular weight is 382 g/mol. The normalized spacial score (nSPS) is 11.7. The van der Waals surface area contributed by atoms with Crippen molar-refractivity contribution < 1.29 is 14.6 Å². The molecule has 6 heteroatoms. The van der Waals surface area contributed by atoms with Crippen LogP contribution < -0.4 is 5.56 Å². The lowest BCUT2D eigenvalue weighted by atomic mass is 9.96. The minimum absolute atomic E-state index is 0.0957. The van der Waals surface area contributed by atoms with E-state index < -0.39 is 5.97 Å². The Morgan fingerprint density at radius 3 is 2.52 bits per heavy atom. The molecule has 0 radical (unpaired) electrons. The largest absolute Gasteiger partial charge is 0.505 e. The molecule has 0 aliphatic heterocycles. The topological polar surface area (TPSA) is 68.5 Å². The molecular formula is C17H20BrNO4. The van der Waals surface area contributed by atoms with Crippen molar-refractivity contribution in [2.24, 2.45) is 5.41 Å². The predicted octanol–water partition coefficient (Wildman–Crippen LogP) is 3.69. The summed E-state index contributed by atoms with van der Waals surface area (Å²) in [6.07, 6.45) is 0. The quantitative estimate of drug-likeness (QED) is 0.823. The van der Waals surface area contributed by atoms with Crippen molar-refractivity contribution in [3.05, 3.63) is 38.7 Å². The summed E-state index contributed by atoms with van der Waals surface area (Å²) in [7, 11) is 0. The number of pyridine rings is 1. The van der Waals surface area contributed by atoms with Crippen LogP contribution in [0.4, 0.5) is 0 Å². The number of esters is 1. The van der Waals surface area contributed by atoms with Crippen molar-refractivity contribution >= 4 is 32.7 Å². The number of aromatic nitrogens is 1. The summed E-state index contributed by atoms with van der Waals surface area (Å²) in [6, 6.07) is 4.97. The number of hydrogen-bond acceptors (Lipinski definition) is 4. The minimum Gasteiger partial charge on any atom is -0.505 e. The molecule has 1 heterocycles. The van der Waals surface area contributed by atoms with Crippen molar-refractivity contribution in [1.29, 1.82) is 0 Å². The van der Waals surface area contributed by atoms with Crippen LogP contribution in [0.25, 0.3) is 10.8 Å². The fourth-order valence-corrected chi connectivity index (χ4v) is 2.79. The summed E-state index contributed by atoms with van der Waals surface area (Å²) in [5.41, 5.74) is -0.671. The van der Waals surface area contributed by atoms with Gasteiger partial charge in [0, 0.05) is 16.4 Å². The van der Waals surface area contributed by atoms with Crippen LogP contribution in [0.5, 0.6) is 5.75 Å². The van der Waals surface area contributed by atoms with Crippen molar-refractivity contribution in [3.63, 3.8) is 0 Å². The zero-order chi connectivity index (χ0) is 17.4. The van der Waals surface area contributed by atoms with Crippen LogP contribution in [0.1, 0.15) is 38.2 Å². The highest BCUT2D eigenvalue weighted by Gasteiger charge is 2.25. The number of benzene rings is 1. The molecular weight excluding hydrogens is 362 g/mol. The van der Waals surface area contributed by atoms with Gasteiger partial charge in [0.15, 0.2) is 11.4 Å². The number of rotatable bonds is 3. The van der Waals surface area contributed by atoms with E-state index in [0.29, 0.717) is 10.8 Å². The monoisotopic (exact) mass is 381 g/mol. The third-order valence-electron chi connectivity index (χ3n) is 3.31. The van der Waals surface area contributed by atoms with E-state index in [9.17, 15) is 14.7 Å². The second-order valence-corrected chi connectivity index (χ2v) is 7.48. The molecule has 0 saturated heterocycles. The summed E-state index contributed by atoms with van der Waals surface area (Å²) >= 11 is 3.33. The first-order valence-corrected chi connectivity index (χ1v) is 8.17. The van der Waals surface area contributed by atoms with Crippen LogP contribution in [-0.4, -0.2) is 22.2 Å². The Bertz CT molecular complexity index is 818. The lowest BCUT2D eigenvalue weighted by molar-refractivity contribution is 0.0506. The number of halogens is 1. The Morgan fingerprint density at radius 1 is 1.30 bits per heavy atom. The second-order valence-electron chi connectivity index (χ2n) is 6.56. The average Bonchev–Trinajstić information content (AvgIpc) is 2.43. The maximum absolute atomic E-state index is 12.9. The Hall–Kier alpha value is -1.82. The Kier molecular flexibility index (Phi) is 4.84. The van der Waals surface area contributed by atoms with Crippen LogP contribution >= 0.6 is 15.9 Å². The van der Waals surface area contributed by atoms with Gasteiger partial charge in [0.05, 0.1) is 12.0 Å². The SMILES string of the molecule is CCOC(=O)c1c(O)c2ccc(Br)cc2c(=O)n1CC(C)(C)C. The number of aromatic hydroxyl groups is 1. The number of hydrogen-bond donors (Lipinski definition) is 1. The Balaban J connectivity index is 2.87. The maximum Gasteiger partial charge on any atom is 0.358 e. The molecule has 2 rings (SSSR count). The molecule has 0 unspecified atom stereocenters. The second kappa shape index (κ2) is 6.35. The fourth-order valence-electron chi connectivity index (χ4n) is 2.43. The molecule has 1 aromatic carbocycles. The summed E-state index contributed by atoms with van der Waals surface area (Å²) in [5.74, 6) is -0.925. The first-order chi connectivity index (χ1) is 10.7. The number of nitrogens with zero attached hydrogens (tertiary/aromatic N) is 1. The number of fused-ring (bicyclic) bond motifs is 1. The van der Waals surface area contributed by atoms with Crippen LogP contribution in [0.15, 0.2) is 27.5 Å². The van der Waals surface area contributed by atoms with Crippen LogP contribution in [0, 0.1) is 5.41 Å². The smallest absolute Gasteiger partial charge is 0.358 e. The molecule has 23 heavy (non-hydrogen) atoms. The third kappa shape index (κ3) is 3.58. The Labute approximate surface area is 143 Å². The molecule has 1 aromatic heterocycles. The van der Waals surface area contributed by atoms with Crippen molar-refractivity contribution in [3.8, 4) is 5.75 Å². The maximum atomic E-state index is 12.9. The third-order valence-corrected chi connectivity index (χ3v) is 3.80. The Morgan fingerprint density at radius 2 is 1.96 bits per heavy atom. The summed E-state index contributed by atoms with van der Waals surface area (Å²) in [6.45, 7) is 8.00. The van der Waals surface area contributed by atoms with Crippen molar-refractivity contribution in [1.82, 2.24) is 4.57 Å². The van der Waals surface area contributed by atoms with Gasteiger partial charge in [-0.15, -0.1) is 0 Å². The molecule has 1 N–H and O–H groups in total. The van der Waals surface area contributed by atoms with Gasteiger partial charge in [0.25, 0.3) is 5.56 Å². The number of carbonyl (C=O) groups is 1. The molecule has 2 aromatic rings. The molecule has 124 valence electrons. The lowest BCUT2D eigenvalue weighted by Crippen LogP contribution is -2.32. The lowest BCUT2D eigenvalue weighted by Gasteiger charge is -2.23. The zero-order valence-corrected chi connectivity index (χ0v) is 15.2. The number of ether oxygens (including phenoxy) is 1. The predicted molar refractivity (Wildman–Crippen MR) is 93.0 cm³/mol. The van der Waals surface area contributed by atoms with Crippen LogP contribution in [0.3, 0.4) is 0 Å².